The zero-order valence-electron chi connectivity index (χ0n) is 21.9. The number of ether oxygens (including phenoxy) is 3. The number of hydrogen-bond acceptors (Lipinski definition) is 6. The van der Waals surface area contributed by atoms with Crippen LogP contribution in [0.5, 0.6) is 17.2 Å². The highest BCUT2D eigenvalue weighted by molar-refractivity contribution is 6.30. The number of amides is 2. The molecule has 3 aromatic carbocycles. The summed E-state index contributed by atoms with van der Waals surface area (Å²) in [5.74, 6) is 0.694. The summed E-state index contributed by atoms with van der Waals surface area (Å²) >= 11 is 5.95. The number of halogens is 1. The van der Waals surface area contributed by atoms with Crippen LogP contribution in [0.4, 0.5) is 0 Å². The van der Waals surface area contributed by atoms with Crippen LogP contribution in [-0.4, -0.2) is 37.5 Å². The van der Waals surface area contributed by atoms with E-state index in [9.17, 15) is 14.9 Å². The van der Waals surface area contributed by atoms with Crippen LogP contribution in [0.15, 0.2) is 83.4 Å². The topological polar surface area (TPSA) is 88.9 Å². The van der Waals surface area contributed by atoms with Crippen molar-refractivity contribution in [1.29, 1.82) is 5.26 Å². The Morgan fingerprint density at radius 1 is 0.897 bits per heavy atom. The maximum atomic E-state index is 13.4. The molecule has 0 atom stereocenters. The third-order valence-electron chi connectivity index (χ3n) is 6.41. The van der Waals surface area contributed by atoms with Crippen LogP contribution in [0, 0.1) is 11.3 Å². The highest BCUT2D eigenvalue weighted by atomic mass is 35.5. The van der Waals surface area contributed by atoms with Gasteiger partial charge in [0.15, 0.2) is 11.5 Å². The molecule has 4 rings (SSSR count). The monoisotopic (exact) mass is 542 g/mol. The van der Waals surface area contributed by atoms with E-state index in [2.05, 4.69) is 0 Å². The van der Waals surface area contributed by atoms with Crippen molar-refractivity contribution in [3.05, 3.63) is 105 Å². The van der Waals surface area contributed by atoms with E-state index in [4.69, 9.17) is 25.8 Å². The Labute approximate surface area is 232 Å². The molecule has 2 amide bonds. The predicted octanol–water partition coefficient (Wildman–Crippen LogP) is 5.77. The molecule has 0 aliphatic carbocycles. The molecule has 0 aromatic heterocycles. The van der Waals surface area contributed by atoms with E-state index in [0.717, 1.165) is 21.8 Å². The third-order valence-corrected chi connectivity index (χ3v) is 6.67. The summed E-state index contributed by atoms with van der Waals surface area (Å²) in [7, 11) is 3.12. The number of hydrogen-bond donors (Lipinski definition) is 0. The van der Waals surface area contributed by atoms with Crippen LogP contribution in [0.25, 0.3) is 6.08 Å². The van der Waals surface area contributed by atoms with Crippen molar-refractivity contribution >= 4 is 29.5 Å². The lowest BCUT2D eigenvalue weighted by atomic mass is 9.93. The number of carbonyl (C=O) groups excluding carboxylic acids is 2. The molecule has 0 unspecified atom stereocenters. The van der Waals surface area contributed by atoms with Gasteiger partial charge in [0.05, 0.1) is 14.2 Å². The van der Waals surface area contributed by atoms with Gasteiger partial charge in [0.2, 0.25) is 0 Å². The van der Waals surface area contributed by atoms with Gasteiger partial charge in [-0.1, -0.05) is 41.9 Å². The lowest BCUT2D eigenvalue weighted by Crippen LogP contribution is -2.43. The van der Waals surface area contributed by atoms with Crippen molar-refractivity contribution in [1.82, 2.24) is 4.90 Å². The molecule has 0 radical (unpaired) electrons. The first-order valence-corrected chi connectivity index (χ1v) is 12.6. The minimum atomic E-state index is -0.589. The summed E-state index contributed by atoms with van der Waals surface area (Å²) in [6.07, 6.45) is 2.10. The van der Waals surface area contributed by atoms with Gasteiger partial charge in [-0.3, -0.25) is 14.5 Å². The van der Waals surface area contributed by atoms with Crippen molar-refractivity contribution < 1.29 is 23.8 Å². The predicted molar refractivity (Wildman–Crippen MR) is 148 cm³/mol. The maximum Gasteiger partial charge on any atom is 0.271 e. The SMILES string of the molecule is COc1ccc(CCN2C(=O)C(C#N)=C(C)/C(=C\c3ccc(OCc4ccc(Cl)cc4)c(OC)c3)C2=O)cc1. The molecule has 198 valence electrons. The van der Waals surface area contributed by atoms with Gasteiger partial charge in [-0.05, 0) is 78.1 Å². The lowest BCUT2D eigenvalue weighted by molar-refractivity contribution is -0.140. The van der Waals surface area contributed by atoms with Crippen molar-refractivity contribution in [3.63, 3.8) is 0 Å². The molecule has 3 aromatic rings. The fraction of sp³-hybridized carbons (Fsp3) is 0.194. The number of nitriles is 1. The van der Waals surface area contributed by atoms with E-state index < -0.39 is 11.8 Å². The second-order valence-corrected chi connectivity index (χ2v) is 9.29. The summed E-state index contributed by atoms with van der Waals surface area (Å²) < 4.78 is 16.6. The highest BCUT2D eigenvalue weighted by Gasteiger charge is 2.35. The van der Waals surface area contributed by atoms with Crippen molar-refractivity contribution in [3.8, 4) is 23.3 Å². The molecule has 0 saturated heterocycles. The smallest absolute Gasteiger partial charge is 0.271 e. The molecule has 1 aliphatic heterocycles. The first kappa shape index (κ1) is 27.5. The molecule has 0 bridgehead atoms. The molecule has 0 saturated carbocycles. The average molecular weight is 543 g/mol. The van der Waals surface area contributed by atoms with Crippen molar-refractivity contribution in [2.24, 2.45) is 0 Å². The summed E-state index contributed by atoms with van der Waals surface area (Å²) in [6, 6.07) is 22.0. The van der Waals surface area contributed by atoms with Gasteiger partial charge in [-0.15, -0.1) is 0 Å². The summed E-state index contributed by atoms with van der Waals surface area (Å²) in [5.41, 5.74) is 3.11. The zero-order chi connectivity index (χ0) is 27.9. The van der Waals surface area contributed by atoms with Gasteiger partial charge in [0, 0.05) is 17.1 Å². The molecule has 8 heteroatoms. The molecule has 1 aliphatic rings. The average Bonchev–Trinajstić information content (AvgIpc) is 2.95. The number of imide groups is 1. The van der Waals surface area contributed by atoms with Gasteiger partial charge in [0.25, 0.3) is 11.8 Å². The number of rotatable bonds is 9. The number of carbonyl (C=O) groups is 2. The molecule has 0 spiro atoms. The van der Waals surface area contributed by atoms with E-state index in [-0.39, 0.29) is 17.7 Å². The second-order valence-electron chi connectivity index (χ2n) is 8.86. The largest absolute Gasteiger partial charge is 0.497 e. The van der Waals surface area contributed by atoms with Gasteiger partial charge < -0.3 is 14.2 Å². The number of methoxy groups -OCH3 is 2. The third kappa shape index (κ3) is 6.31. The highest BCUT2D eigenvalue weighted by Crippen LogP contribution is 2.32. The Kier molecular flexibility index (Phi) is 8.70. The summed E-state index contributed by atoms with van der Waals surface area (Å²) in [5, 5.41) is 10.3. The van der Waals surface area contributed by atoms with E-state index in [1.807, 2.05) is 42.5 Å². The van der Waals surface area contributed by atoms with Crippen molar-refractivity contribution in [2.45, 2.75) is 20.0 Å². The maximum absolute atomic E-state index is 13.4. The number of nitrogens with zero attached hydrogens (tertiary/aromatic N) is 2. The van der Waals surface area contributed by atoms with E-state index >= 15 is 0 Å². The van der Waals surface area contributed by atoms with Gasteiger partial charge in [0.1, 0.15) is 24.0 Å². The Hall–Kier alpha value is -4.54. The van der Waals surface area contributed by atoms with Gasteiger partial charge >= 0.3 is 0 Å². The van der Waals surface area contributed by atoms with Crippen LogP contribution >= 0.6 is 11.6 Å². The Morgan fingerprint density at radius 3 is 2.23 bits per heavy atom. The first-order valence-electron chi connectivity index (χ1n) is 12.2. The lowest BCUT2D eigenvalue weighted by Gasteiger charge is -2.27. The fourth-order valence-electron chi connectivity index (χ4n) is 4.17. The fourth-order valence-corrected chi connectivity index (χ4v) is 4.29. The second kappa shape index (κ2) is 12.3. The Balaban J connectivity index is 1.57. The molecule has 1 heterocycles. The quantitative estimate of drug-likeness (QED) is 0.252. The number of benzene rings is 3. The minimum absolute atomic E-state index is 0.0505. The summed E-state index contributed by atoms with van der Waals surface area (Å²) in [4.78, 5) is 27.6. The van der Waals surface area contributed by atoms with E-state index in [1.165, 1.54) is 7.11 Å². The molecule has 0 fully saturated rings. The van der Waals surface area contributed by atoms with Crippen LogP contribution in [0.1, 0.15) is 23.6 Å². The van der Waals surface area contributed by atoms with E-state index in [0.29, 0.717) is 40.7 Å². The van der Waals surface area contributed by atoms with Gasteiger partial charge in [-0.25, -0.2) is 0 Å². The Bertz CT molecular complexity index is 1480. The molecule has 0 N–H and O–H groups in total. The minimum Gasteiger partial charge on any atom is -0.497 e. The molecular weight excluding hydrogens is 516 g/mol. The Morgan fingerprint density at radius 2 is 1.59 bits per heavy atom. The van der Waals surface area contributed by atoms with Crippen LogP contribution in [0.3, 0.4) is 0 Å². The molecule has 39 heavy (non-hydrogen) atoms. The van der Waals surface area contributed by atoms with Crippen molar-refractivity contribution in [2.75, 3.05) is 20.8 Å². The van der Waals surface area contributed by atoms with E-state index in [1.54, 1.807) is 50.4 Å². The normalized spacial score (nSPS) is 14.4. The van der Waals surface area contributed by atoms with Crippen LogP contribution < -0.4 is 14.2 Å². The van der Waals surface area contributed by atoms with Gasteiger partial charge in [-0.2, -0.15) is 5.26 Å². The summed E-state index contributed by atoms with van der Waals surface area (Å²) in [6.45, 7) is 2.08. The molecular formula is C31H27ClN2O5. The molecule has 7 nitrogen and oxygen atoms in total. The van der Waals surface area contributed by atoms with Crippen LogP contribution in [-0.2, 0) is 22.6 Å². The standard InChI is InChI=1S/C31H27ClN2O5/c1-20-26(16-23-8-13-28(29(17-23)38-3)39-19-22-4-9-24(32)10-5-22)30(35)34(31(36)27(20)18-33)15-14-21-6-11-25(37-2)12-7-21/h4-13,16-17H,14-15,19H2,1-3H3/b26-16+. The zero-order valence-corrected chi connectivity index (χ0v) is 22.6. The van der Waals surface area contributed by atoms with Crippen LogP contribution in [0.2, 0.25) is 5.02 Å². The first-order chi connectivity index (χ1) is 18.8.